The van der Waals surface area contributed by atoms with Crippen molar-refractivity contribution in [1.82, 2.24) is 15.2 Å². The summed E-state index contributed by atoms with van der Waals surface area (Å²) in [6, 6.07) is 1.95. The van der Waals surface area contributed by atoms with Gasteiger partial charge in [-0.15, -0.1) is 0 Å². The van der Waals surface area contributed by atoms with Crippen LogP contribution in [0.25, 0.3) is 0 Å². The van der Waals surface area contributed by atoms with Crippen molar-refractivity contribution < 1.29 is 4.79 Å². The first kappa shape index (κ1) is 12.4. The third-order valence-electron chi connectivity index (χ3n) is 4.19. The Hall–Kier alpha value is -1.66. The lowest BCUT2D eigenvalue weighted by molar-refractivity contribution is 0.0620. The third-order valence-corrected chi connectivity index (χ3v) is 4.19. The molecule has 3 aliphatic rings. The summed E-state index contributed by atoms with van der Waals surface area (Å²) in [5, 5.41) is 3.13. The van der Waals surface area contributed by atoms with Crippen LogP contribution in [0.2, 0.25) is 0 Å². The van der Waals surface area contributed by atoms with Crippen molar-refractivity contribution in [1.29, 1.82) is 0 Å². The molecule has 102 valence electrons. The Bertz CT molecular complexity index is 470. The largest absolute Gasteiger partial charge is 0.348 e. The van der Waals surface area contributed by atoms with Crippen molar-refractivity contribution in [3.63, 3.8) is 0 Å². The fourth-order valence-corrected chi connectivity index (χ4v) is 3.08. The van der Waals surface area contributed by atoms with Gasteiger partial charge in [0, 0.05) is 25.0 Å². The molecule has 0 aliphatic carbocycles. The molecule has 1 amide bonds. The number of rotatable bonds is 3. The average Bonchev–Trinajstić information content (AvgIpc) is 2.48. The van der Waals surface area contributed by atoms with Gasteiger partial charge in [-0.3, -0.25) is 15.6 Å². The highest BCUT2D eigenvalue weighted by Crippen LogP contribution is 2.27. The fraction of sp³-hybridized carbons (Fsp3) is 0.538. The molecule has 6 nitrogen and oxygen atoms in total. The summed E-state index contributed by atoms with van der Waals surface area (Å²) in [7, 11) is 0. The van der Waals surface area contributed by atoms with Crippen molar-refractivity contribution in [2.45, 2.75) is 18.9 Å². The van der Waals surface area contributed by atoms with Crippen molar-refractivity contribution in [3.8, 4) is 0 Å². The minimum absolute atomic E-state index is 0.0974. The second-order valence-corrected chi connectivity index (χ2v) is 5.28. The van der Waals surface area contributed by atoms with Crippen LogP contribution in [0.1, 0.15) is 23.2 Å². The van der Waals surface area contributed by atoms with Crippen LogP contribution in [0.3, 0.4) is 0 Å². The number of carbonyl (C=O) groups excluding carboxylic acids is 1. The Morgan fingerprint density at radius 2 is 2.21 bits per heavy atom. The van der Waals surface area contributed by atoms with E-state index in [-0.39, 0.29) is 11.9 Å². The number of carbonyl (C=O) groups is 1. The zero-order valence-corrected chi connectivity index (χ0v) is 10.8. The topological polar surface area (TPSA) is 83.3 Å². The Labute approximate surface area is 112 Å². The van der Waals surface area contributed by atoms with Gasteiger partial charge in [0.2, 0.25) is 0 Å². The molecule has 4 heterocycles. The van der Waals surface area contributed by atoms with Gasteiger partial charge in [0.25, 0.3) is 5.91 Å². The summed E-state index contributed by atoms with van der Waals surface area (Å²) in [5.74, 6) is 5.93. The van der Waals surface area contributed by atoms with Crippen LogP contribution in [0.5, 0.6) is 0 Å². The number of nitrogen functional groups attached to an aromatic ring is 1. The normalized spacial score (nSPS) is 29.0. The SMILES string of the molecule is NNc1ccncc1C(=O)NC1CN2CCC1CC2. The van der Waals surface area contributed by atoms with E-state index in [0.29, 0.717) is 17.2 Å². The highest BCUT2D eigenvalue weighted by Gasteiger charge is 2.35. The van der Waals surface area contributed by atoms with E-state index < -0.39 is 0 Å². The van der Waals surface area contributed by atoms with Gasteiger partial charge in [0.15, 0.2) is 0 Å². The van der Waals surface area contributed by atoms with Crippen molar-refractivity contribution >= 4 is 11.6 Å². The van der Waals surface area contributed by atoms with Crippen LogP contribution in [-0.4, -0.2) is 41.5 Å². The van der Waals surface area contributed by atoms with Gasteiger partial charge in [-0.05, 0) is 37.9 Å². The van der Waals surface area contributed by atoms with Crippen LogP contribution in [0.4, 0.5) is 5.69 Å². The number of fused-ring (bicyclic) bond motifs is 3. The number of hydrogen-bond acceptors (Lipinski definition) is 5. The molecule has 6 heteroatoms. The zero-order chi connectivity index (χ0) is 13.2. The second-order valence-electron chi connectivity index (χ2n) is 5.28. The number of anilines is 1. The monoisotopic (exact) mass is 261 g/mol. The third kappa shape index (κ3) is 2.41. The summed E-state index contributed by atoms with van der Waals surface area (Å²) in [6.45, 7) is 3.29. The lowest BCUT2D eigenvalue weighted by Gasteiger charge is -2.44. The lowest BCUT2D eigenvalue weighted by atomic mass is 9.84. The van der Waals surface area contributed by atoms with Crippen LogP contribution in [-0.2, 0) is 0 Å². The molecule has 4 rings (SSSR count). The number of hydrogen-bond donors (Lipinski definition) is 3. The number of nitrogens with one attached hydrogen (secondary N) is 2. The van der Waals surface area contributed by atoms with E-state index >= 15 is 0 Å². The number of pyridine rings is 1. The predicted molar refractivity (Wildman–Crippen MR) is 72.5 cm³/mol. The molecule has 3 saturated heterocycles. The predicted octanol–water partition coefficient (Wildman–Crippen LogP) is 0.191. The van der Waals surface area contributed by atoms with E-state index in [9.17, 15) is 4.79 Å². The molecule has 1 atom stereocenters. The fourth-order valence-electron chi connectivity index (χ4n) is 3.08. The van der Waals surface area contributed by atoms with Gasteiger partial charge < -0.3 is 15.6 Å². The molecule has 2 bridgehead atoms. The number of nitrogens with two attached hydrogens (primary N) is 1. The maximum atomic E-state index is 12.3. The summed E-state index contributed by atoms with van der Waals surface area (Å²) in [4.78, 5) is 18.7. The van der Waals surface area contributed by atoms with E-state index in [4.69, 9.17) is 5.84 Å². The minimum Gasteiger partial charge on any atom is -0.348 e. The van der Waals surface area contributed by atoms with Gasteiger partial charge in [-0.2, -0.15) is 0 Å². The zero-order valence-electron chi connectivity index (χ0n) is 10.8. The first-order valence-electron chi connectivity index (χ1n) is 6.72. The molecule has 1 unspecified atom stereocenters. The van der Waals surface area contributed by atoms with Gasteiger partial charge >= 0.3 is 0 Å². The Morgan fingerprint density at radius 3 is 2.84 bits per heavy atom. The van der Waals surface area contributed by atoms with Crippen molar-refractivity contribution in [2.75, 3.05) is 25.1 Å². The standard InChI is InChI=1S/C13H19N5O/c14-17-11-1-4-15-7-10(11)13(19)16-12-8-18-5-2-9(12)3-6-18/h1,4,7,9,12H,2-3,5-6,8,14H2,(H,15,17)(H,16,19). The lowest BCUT2D eigenvalue weighted by Crippen LogP contribution is -2.57. The van der Waals surface area contributed by atoms with Gasteiger partial charge in [-0.1, -0.05) is 0 Å². The van der Waals surface area contributed by atoms with E-state index in [1.807, 2.05) is 0 Å². The average molecular weight is 261 g/mol. The molecule has 1 aromatic heterocycles. The number of piperidine rings is 3. The maximum Gasteiger partial charge on any atom is 0.255 e. The quantitative estimate of drug-likeness (QED) is 0.534. The molecule has 19 heavy (non-hydrogen) atoms. The number of nitrogens with zero attached hydrogens (tertiary/aromatic N) is 2. The van der Waals surface area contributed by atoms with E-state index in [0.717, 1.165) is 6.54 Å². The van der Waals surface area contributed by atoms with Crippen molar-refractivity contribution in [2.24, 2.45) is 11.8 Å². The first-order valence-corrected chi connectivity index (χ1v) is 6.72. The molecule has 0 saturated carbocycles. The summed E-state index contributed by atoms with van der Waals surface area (Å²) >= 11 is 0. The van der Waals surface area contributed by atoms with E-state index in [1.54, 1.807) is 18.5 Å². The number of hydrazine groups is 1. The molecule has 1 aromatic rings. The highest BCUT2D eigenvalue weighted by atomic mass is 16.1. The molecular formula is C13H19N5O. The summed E-state index contributed by atoms with van der Waals surface area (Å²) in [6.07, 6.45) is 5.52. The first-order chi connectivity index (χ1) is 9.28. The summed E-state index contributed by atoms with van der Waals surface area (Å²) in [5.41, 5.74) is 3.64. The second kappa shape index (κ2) is 5.14. The Morgan fingerprint density at radius 1 is 1.42 bits per heavy atom. The molecule has 0 aromatic carbocycles. The van der Waals surface area contributed by atoms with Gasteiger partial charge in [0.1, 0.15) is 0 Å². The van der Waals surface area contributed by atoms with Gasteiger partial charge in [0.05, 0.1) is 11.3 Å². The Balaban J connectivity index is 1.71. The molecule has 3 aliphatic heterocycles. The smallest absolute Gasteiger partial charge is 0.255 e. The maximum absolute atomic E-state index is 12.3. The number of amides is 1. The molecule has 4 N–H and O–H groups in total. The van der Waals surface area contributed by atoms with Gasteiger partial charge in [-0.25, -0.2) is 0 Å². The van der Waals surface area contributed by atoms with Crippen LogP contribution in [0, 0.1) is 5.92 Å². The Kier molecular flexibility index (Phi) is 3.35. The van der Waals surface area contributed by atoms with Crippen LogP contribution >= 0.6 is 0 Å². The summed E-state index contributed by atoms with van der Waals surface area (Å²) < 4.78 is 0. The molecule has 0 spiro atoms. The molecular weight excluding hydrogens is 242 g/mol. The van der Waals surface area contributed by atoms with E-state index in [2.05, 4.69) is 20.6 Å². The highest BCUT2D eigenvalue weighted by molar-refractivity contribution is 5.99. The van der Waals surface area contributed by atoms with E-state index in [1.165, 1.54) is 25.9 Å². The molecule has 0 radical (unpaired) electrons. The number of aromatic nitrogens is 1. The minimum atomic E-state index is -0.0974. The van der Waals surface area contributed by atoms with Crippen molar-refractivity contribution in [3.05, 3.63) is 24.0 Å². The van der Waals surface area contributed by atoms with Crippen LogP contribution < -0.4 is 16.6 Å². The van der Waals surface area contributed by atoms with Crippen LogP contribution in [0.15, 0.2) is 18.5 Å². The molecule has 3 fully saturated rings.